The summed E-state index contributed by atoms with van der Waals surface area (Å²) >= 11 is 0. The highest BCUT2D eigenvalue weighted by molar-refractivity contribution is 7.89. The van der Waals surface area contributed by atoms with E-state index < -0.39 is 33.1 Å². The van der Waals surface area contributed by atoms with E-state index >= 15 is 0 Å². The number of carbonyl (C=O) groups excluding carboxylic acids is 1. The molecule has 116 valence electrons. The molecule has 1 atom stereocenters. The first-order valence-corrected chi connectivity index (χ1v) is 7.50. The molecular weight excluding hydrogens is 311 g/mol. The molecule has 1 amide bonds. The van der Waals surface area contributed by atoms with Crippen LogP contribution in [0.15, 0.2) is 18.3 Å². The fourth-order valence-corrected chi connectivity index (χ4v) is 2.78. The molecule has 2 heterocycles. The number of pyridine rings is 1. The Labute approximate surface area is 118 Å². The standard InChI is InChI=1S/C11H12F3N3O3S/c12-11(13,14)9-2-1-7(4-16-9)5-17-6-8(3-10(17)18)21(15,19)20/h1-2,4,8H,3,5-6H2,(H2,15,19,20). The van der Waals surface area contributed by atoms with Crippen molar-refractivity contribution in [2.75, 3.05) is 6.54 Å². The number of nitrogens with two attached hydrogens (primary N) is 1. The van der Waals surface area contributed by atoms with Gasteiger partial charge in [-0.05, 0) is 11.6 Å². The van der Waals surface area contributed by atoms with Crippen LogP contribution in [0.5, 0.6) is 0 Å². The quantitative estimate of drug-likeness (QED) is 0.876. The first kappa shape index (κ1) is 15.7. The fourth-order valence-electron chi connectivity index (χ4n) is 2.01. The van der Waals surface area contributed by atoms with Gasteiger partial charge in [0.25, 0.3) is 0 Å². The minimum absolute atomic E-state index is 0.00398. The summed E-state index contributed by atoms with van der Waals surface area (Å²) in [4.78, 5) is 16.2. The molecule has 2 rings (SSSR count). The largest absolute Gasteiger partial charge is 0.433 e. The Morgan fingerprint density at radius 2 is 2.05 bits per heavy atom. The maximum Gasteiger partial charge on any atom is 0.433 e. The lowest BCUT2D eigenvalue weighted by molar-refractivity contribution is -0.141. The average molecular weight is 323 g/mol. The molecule has 0 bridgehead atoms. The Hall–Kier alpha value is -1.68. The highest BCUT2D eigenvalue weighted by Gasteiger charge is 2.36. The van der Waals surface area contributed by atoms with Crippen LogP contribution in [0.1, 0.15) is 17.7 Å². The number of aromatic nitrogens is 1. The summed E-state index contributed by atoms with van der Waals surface area (Å²) < 4.78 is 59.5. The fraction of sp³-hybridized carbons (Fsp3) is 0.455. The van der Waals surface area contributed by atoms with Gasteiger partial charge in [-0.25, -0.2) is 13.6 Å². The number of alkyl halides is 3. The second-order valence-corrected chi connectivity index (χ2v) is 6.58. The van der Waals surface area contributed by atoms with Crippen molar-refractivity contribution in [3.63, 3.8) is 0 Å². The number of carbonyl (C=O) groups is 1. The van der Waals surface area contributed by atoms with Crippen LogP contribution in [0.25, 0.3) is 0 Å². The molecule has 21 heavy (non-hydrogen) atoms. The predicted octanol–water partition coefficient (Wildman–Crippen LogP) is 0.490. The van der Waals surface area contributed by atoms with Crippen molar-refractivity contribution < 1.29 is 26.4 Å². The first-order valence-electron chi connectivity index (χ1n) is 5.89. The summed E-state index contributed by atoms with van der Waals surface area (Å²) in [6.07, 6.45) is -3.73. The minimum Gasteiger partial charge on any atom is -0.337 e. The van der Waals surface area contributed by atoms with Crippen molar-refractivity contribution in [1.82, 2.24) is 9.88 Å². The van der Waals surface area contributed by atoms with Crippen LogP contribution in [0.4, 0.5) is 13.2 Å². The zero-order valence-electron chi connectivity index (χ0n) is 10.7. The number of primary sulfonamides is 1. The van der Waals surface area contributed by atoms with Gasteiger partial charge in [-0.1, -0.05) is 6.07 Å². The van der Waals surface area contributed by atoms with Crippen molar-refractivity contribution in [2.45, 2.75) is 24.4 Å². The van der Waals surface area contributed by atoms with Crippen LogP contribution in [0, 0.1) is 0 Å². The SMILES string of the molecule is NS(=O)(=O)C1CC(=O)N(Cc2ccc(C(F)(F)F)nc2)C1. The molecular formula is C11H12F3N3O3S. The van der Waals surface area contributed by atoms with E-state index in [1.807, 2.05) is 0 Å². The van der Waals surface area contributed by atoms with Crippen LogP contribution in [-0.2, 0) is 27.5 Å². The van der Waals surface area contributed by atoms with Gasteiger partial charge in [-0.15, -0.1) is 0 Å². The van der Waals surface area contributed by atoms with E-state index in [0.29, 0.717) is 5.56 Å². The second kappa shape index (κ2) is 5.26. The lowest BCUT2D eigenvalue weighted by Gasteiger charge is -2.16. The first-order chi connectivity index (χ1) is 9.57. The zero-order chi connectivity index (χ0) is 15.8. The number of rotatable bonds is 3. The number of likely N-dealkylation sites (tertiary alicyclic amines) is 1. The van der Waals surface area contributed by atoms with Gasteiger partial charge in [0.2, 0.25) is 15.9 Å². The minimum atomic E-state index is -4.53. The molecule has 0 spiro atoms. The Bertz CT molecular complexity index is 643. The van der Waals surface area contributed by atoms with Crippen LogP contribution in [0.3, 0.4) is 0 Å². The summed E-state index contributed by atoms with van der Waals surface area (Å²) in [5.74, 6) is -0.408. The number of halogens is 3. The molecule has 6 nitrogen and oxygen atoms in total. The van der Waals surface area contributed by atoms with Gasteiger partial charge in [0.1, 0.15) is 10.9 Å². The molecule has 0 aromatic carbocycles. The van der Waals surface area contributed by atoms with Crippen molar-refractivity contribution in [2.24, 2.45) is 5.14 Å². The third kappa shape index (κ3) is 3.70. The van der Waals surface area contributed by atoms with Crippen LogP contribution >= 0.6 is 0 Å². The van der Waals surface area contributed by atoms with Gasteiger partial charge in [0, 0.05) is 25.7 Å². The van der Waals surface area contributed by atoms with Crippen molar-refractivity contribution >= 4 is 15.9 Å². The van der Waals surface area contributed by atoms with E-state index in [0.717, 1.165) is 12.3 Å². The van der Waals surface area contributed by atoms with E-state index in [1.165, 1.54) is 11.0 Å². The van der Waals surface area contributed by atoms with Crippen molar-refractivity contribution in [1.29, 1.82) is 0 Å². The maximum atomic E-state index is 12.4. The molecule has 1 aromatic heterocycles. The number of sulfonamides is 1. The van der Waals surface area contributed by atoms with Gasteiger partial charge < -0.3 is 4.90 Å². The predicted molar refractivity (Wildman–Crippen MR) is 66.2 cm³/mol. The summed E-state index contributed by atoms with van der Waals surface area (Å²) in [6.45, 7) is -0.0747. The normalized spacial score (nSPS) is 20.1. The number of nitrogens with zero attached hydrogens (tertiary/aromatic N) is 2. The average Bonchev–Trinajstić information content (AvgIpc) is 2.70. The molecule has 2 N–H and O–H groups in total. The number of hydrogen-bond acceptors (Lipinski definition) is 4. The van der Waals surface area contributed by atoms with Gasteiger partial charge in [-0.3, -0.25) is 9.78 Å². The lowest BCUT2D eigenvalue weighted by Crippen LogP contribution is -2.32. The van der Waals surface area contributed by atoms with Crippen molar-refractivity contribution in [3.8, 4) is 0 Å². The molecule has 1 saturated heterocycles. The van der Waals surface area contributed by atoms with Crippen LogP contribution < -0.4 is 5.14 Å². The van der Waals surface area contributed by atoms with Gasteiger partial charge in [0.05, 0.1) is 0 Å². The van der Waals surface area contributed by atoms with E-state index in [-0.39, 0.29) is 19.5 Å². The summed E-state index contributed by atoms with van der Waals surface area (Å²) in [5, 5.41) is 4.00. The Morgan fingerprint density at radius 3 is 2.48 bits per heavy atom. The van der Waals surface area contributed by atoms with Gasteiger partial charge in [-0.2, -0.15) is 13.2 Å². The molecule has 0 aliphatic carbocycles. The van der Waals surface area contributed by atoms with Crippen LogP contribution in [0.2, 0.25) is 0 Å². The molecule has 1 fully saturated rings. The molecule has 10 heteroatoms. The highest BCUT2D eigenvalue weighted by atomic mass is 32.2. The summed E-state index contributed by atoms with van der Waals surface area (Å²) in [6, 6.07) is 2.01. The number of amides is 1. The molecule has 0 radical (unpaired) electrons. The third-order valence-corrected chi connectivity index (χ3v) is 4.38. The maximum absolute atomic E-state index is 12.4. The Kier molecular flexibility index (Phi) is 3.93. The molecule has 0 saturated carbocycles. The second-order valence-electron chi connectivity index (χ2n) is 4.74. The molecule has 1 aliphatic heterocycles. The smallest absolute Gasteiger partial charge is 0.337 e. The summed E-state index contributed by atoms with van der Waals surface area (Å²) in [7, 11) is -3.81. The molecule has 1 unspecified atom stereocenters. The molecule has 1 aromatic rings. The Morgan fingerprint density at radius 1 is 1.38 bits per heavy atom. The third-order valence-electron chi connectivity index (χ3n) is 3.13. The monoisotopic (exact) mass is 323 g/mol. The van der Waals surface area contributed by atoms with E-state index in [2.05, 4.69) is 4.98 Å². The zero-order valence-corrected chi connectivity index (χ0v) is 11.5. The molecule has 1 aliphatic rings. The van der Waals surface area contributed by atoms with E-state index in [9.17, 15) is 26.4 Å². The summed E-state index contributed by atoms with van der Waals surface area (Å²) in [5.41, 5.74) is -0.646. The lowest BCUT2D eigenvalue weighted by atomic mass is 10.2. The van der Waals surface area contributed by atoms with E-state index in [1.54, 1.807) is 0 Å². The number of hydrogen-bond donors (Lipinski definition) is 1. The van der Waals surface area contributed by atoms with Crippen molar-refractivity contribution in [3.05, 3.63) is 29.6 Å². The highest BCUT2D eigenvalue weighted by Crippen LogP contribution is 2.27. The van der Waals surface area contributed by atoms with Crippen LogP contribution in [-0.4, -0.2) is 36.0 Å². The van der Waals surface area contributed by atoms with E-state index in [4.69, 9.17) is 5.14 Å². The topological polar surface area (TPSA) is 93.4 Å². The van der Waals surface area contributed by atoms with Gasteiger partial charge in [0.15, 0.2) is 0 Å². The Balaban J connectivity index is 2.07. The van der Waals surface area contributed by atoms with Gasteiger partial charge >= 0.3 is 6.18 Å².